The minimum atomic E-state index is -0.894. The van der Waals surface area contributed by atoms with Gasteiger partial charge in [-0.15, -0.1) is 22.7 Å². The van der Waals surface area contributed by atoms with Gasteiger partial charge in [-0.1, -0.05) is 0 Å². The highest BCUT2D eigenvalue weighted by Crippen LogP contribution is 2.28. The van der Waals surface area contributed by atoms with E-state index in [2.05, 4.69) is 30.2 Å². The summed E-state index contributed by atoms with van der Waals surface area (Å²) in [4.78, 5) is 61.2. The largest absolute Gasteiger partial charge is 0.477 e. The third-order valence-corrected chi connectivity index (χ3v) is 14.3. The number of methoxy groups -OCH3 is 2. The second-order valence-electron chi connectivity index (χ2n) is 17.4. The molecular weight excluding hydrogens is 841 g/mol. The van der Waals surface area contributed by atoms with Gasteiger partial charge in [0.1, 0.15) is 11.4 Å². The van der Waals surface area contributed by atoms with Crippen molar-refractivity contribution in [1.29, 1.82) is 0 Å². The normalized spacial score (nSPS) is 21.3. The van der Waals surface area contributed by atoms with Gasteiger partial charge in [0.05, 0.1) is 50.5 Å². The Labute approximate surface area is 379 Å². The fourth-order valence-electron chi connectivity index (χ4n) is 8.91. The number of aromatic nitrogens is 4. The average Bonchev–Trinajstić information content (AvgIpc) is 4.13. The Hall–Kier alpha value is -4.74. The van der Waals surface area contributed by atoms with Crippen LogP contribution < -0.4 is 20.9 Å². The highest BCUT2D eigenvalue weighted by Gasteiger charge is 2.29. The van der Waals surface area contributed by atoms with E-state index in [0.29, 0.717) is 30.5 Å². The molecule has 4 aromatic heterocycles. The van der Waals surface area contributed by atoms with Crippen molar-refractivity contribution in [2.24, 2.45) is 17.6 Å². The SMILES string of the molecule is COC(=O)C1CCC(N)CC1.COC(=O)C1CCC(NC(=O)c2cc(C)cn2Cc2csc(N3CCCCC3)n2)CC1.Cc1cc(C(=O)O)n(Cc2csc(N3CCCCC3)n2)c1. The maximum atomic E-state index is 13.0. The summed E-state index contributed by atoms with van der Waals surface area (Å²) in [6, 6.07) is 4.03. The Morgan fingerprint density at radius 3 is 1.56 bits per heavy atom. The number of nitrogens with two attached hydrogens (primary N) is 1. The summed E-state index contributed by atoms with van der Waals surface area (Å²) in [5, 5.41) is 18.7. The zero-order chi connectivity index (χ0) is 44.9. The van der Waals surface area contributed by atoms with E-state index in [4.69, 9.17) is 15.5 Å². The molecule has 4 N–H and O–H groups in total. The molecule has 0 unspecified atom stereocenters. The van der Waals surface area contributed by atoms with Gasteiger partial charge in [-0.2, -0.15) is 0 Å². The summed E-state index contributed by atoms with van der Waals surface area (Å²) in [6.07, 6.45) is 18.3. The van der Waals surface area contributed by atoms with Crippen LogP contribution in [-0.4, -0.2) is 101 Å². The first-order valence-corrected chi connectivity index (χ1v) is 24.3. The molecule has 4 fully saturated rings. The molecule has 15 nitrogen and oxygen atoms in total. The number of ether oxygens (including phenoxy) is 2. The number of anilines is 2. The number of carboxylic acid groups (broad SMARTS) is 1. The Balaban J connectivity index is 0.000000177. The number of nitrogens with zero attached hydrogens (tertiary/aromatic N) is 6. The van der Waals surface area contributed by atoms with Crippen LogP contribution in [0.5, 0.6) is 0 Å². The smallest absolute Gasteiger partial charge is 0.352 e. The summed E-state index contributed by atoms with van der Waals surface area (Å²) >= 11 is 3.34. The maximum absolute atomic E-state index is 13.0. The Morgan fingerprint density at radius 1 is 0.683 bits per heavy atom. The number of esters is 2. The third kappa shape index (κ3) is 13.6. The van der Waals surface area contributed by atoms with Crippen molar-refractivity contribution in [3.05, 3.63) is 69.2 Å². The summed E-state index contributed by atoms with van der Waals surface area (Å²) in [5.41, 5.74) is 10.6. The van der Waals surface area contributed by atoms with Crippen molar-refractivity contribution in [2.75, 3.05) is 50.2 Å². The van der Waals surface area contributed by atoms with Crippen LogP contribution in [0, 0.1) is 25.7 Å². The molecule has 2 saturated heterocycles. The van der Waals surface area contributed by atoms with Crippen LogP contribution in [0.1, 0.15) is 133 Å². The second kappa shape index (κ2) is 23.3. The average molecular weight is 907 g/mol. The van der Waals surface area contributed by atoms with Crippen LogP contribution in [0.15, 0.2) is 35.3 Å². The highest BCUT2D eigenvalue weighted by molar-refractivity contribution is 7.14. The maximum Gasteiger partial charge on any atom is 0.352 e. The molecule has 2 aliphatic carbocycles. The van der Waals surface area contributed by atoms with Crippen LogP contribution >= 0.6 is 22.7 Å². The van der Waals surface area contributed by atoms with Gasteiger partial charge in [-0.05, 0) is 127 Å². The number of hydrogen-bond donors (Lipinski definition) is 3. The first kappa shape index (κ1) is 47.7. The van der Waals surface area contributed by atoms with E-state index in [9.17, 15) is 24.3 Å². The molecule has 6 heterocycles. The van der Waals surface area contributed by atoms with Gasteiger partial charge in [-0.3, -0.25) is 14.4 Å². The molecule has 344 valence electrons. The molecule has 0 radical (unpaired) electrons. The third-order valence-electron chi connectivity index (χ3n) is 12.4. The molecule has 0 spiro atoms. The summed E-state index contributed by atoms with van der Waals surface area (Å²) in [6.45, 7) is 9.35. The van der Waals surface area contributed by atoms with E-state index < -0.39 is 5.97 Å². The van der Waals surface area contributed by atoms with E-state index in [1.54, 1.807) is 33.3 Å². The van der Waals surface area contributed by atoms with E-state index in [0.717, 1.165) is 110 Å². The number of aryl methyl sites for hydroxylation is 2. The molecule has 17 heteroatoms. The molecule has 63 heavy (non-hydrogen) atoms. The molecular formula is C46H66N8O7S2. The number of carboxylic acids is 1. The van der Waals surface area contributed by atoms with Gasteiger partial charge < -0.3 is 44.6 Å². The summed E-state index contributed by atoms with van der Waals surface area (Å²) in [7, 11) is 2.88. The van der Waals surface area contributed by atoms with Gasteiger partial charge in [-0.25, -0.2) is 14.8 Å². The lowest BCUT2D eigenvalue weighted by molar-refractivity contribution is -0.147. The van der Waals surface area contributed by atoms with E-state index in [1.165, 1.54) is 52.7 Å². The molecule has 0 atom stereocenters. The molecule has 2 aliphatic heterocycles. The lowest BCUT2D eigenvalue weighted by Crippen LogP contribution is -2.39. The summed E-state index contributed by atoms with van der Waals surface area (Å²) in [5.74, 6) is -1.09. The first-order valence-electron chi connectivity index (χ1n) is 22.6. The van der Waals surface area contributed by atoms with Crippen LogP contribution in [-0.2, 0) is 32.2 Å². The molecule has 2 saturated carbocycles. The molecule has 0 bridgehead atoms. The zero-order valence-electron chi connectivity index (χ0n) is 37.4. The minimum absolute atomic E-state index is 0.0389. The van der Waals surface area contributed by atoms with Crippen molar-refractivity contribution < 1.29 is 33.8 Å². The Morgan fingerprint density at radius 2 is 1.11 bits per heavy atom. The molecule has 4 aliphatic rings. The highest BCUT2D eigenvalue weighted by atomic mass is 32.1. The number of piperidine rings is 2. The topological polar surface area (TPSA) is 187 Å². The second-order valence-corrected chi connectivity index (χ2v) is 19.1. The molecule has 1 amide bonds. The summed E-state index contributed by atoms with van der Waals surface area (Å²) < 4.78 is 13.3. The predicted molar refractivity (Wildman–Crippen MR) is 247 cm³/mol. The van der Waals surface area contributed by atoms with Gasteiger partial charge in [0.15, 0.2) is 10.3 Å². The molecule has 8 rings (SSSR count). The van der Waals surface area contributed by atoms with Crippen molar-refractivity contribution >= 4 is 56.8 Å². The van der Waals surface area contributed by atoms with Crippen LogP contribution in [0.2, 0.25) is 0 Å². The van der Waals surface area contributed by atoms with Crippen molar-refractivity contribution in [2.45, 2.75) is 129 Å². The van der Waals surface area contributed by atoms with Crippen LogP contribution in [0.25, 0.3) is 0 Å². The standard InChI is InChI=1S/C23H32N4O3S.C15H19N3O2S.C8H15NO2/c1-16-12-20(21(28)24-18-8-6-17(7-9-18)22(29)30-2)27(13-16)14-19-15-31-23(25-19)26-10-4-3-5-11-26;1-11-7-13(14(19)20)18(8-11)9-12-10-21-15(16-12)17-5-3-2-4-6-17;1-11-8(10)6-2-4-7(9)5-3-6/h12-13,15,17-18H,3-11,14H2,1-2H3,(H,24,28);7-8,10H,2-6,9H2,1H3,(H,19,20);6-7H,2-5,9H2,1H3. The number of nitrogens with one attached hydrogen (secondary N) is 1. The number of carbonyl (C=O) groups is 4. The van der Waals surface area contributed by atoms with E-state index in [1.807, 2.05) is 42.3 Å². The minimum Gasteiger partial charge on any atom is -0.477 e. The van der Waals surface area contributed by atoms with Crippen molar-refractivity contribution in [3.63, 3.8) is 0 Å². The Kier molecular flexibility index (Phi) is 17.6. The van der Waals surface area contributed by atoms with Crippen molar-refractivity contribution in [1.82, 2.24) is 24.4 Å². The number of hydrogen-bond acceptors (Lipinski definition) is 13. The van der Waals surface area contributed by atoms with Crippen molar-refractivity contribution in [3.8, 4) is 0 Å². The predicted octanol–water partition coefficient (Wildman–Crippen LogP) is 7.42. The first-order chi connectivity index (χ1) is 30.4. The fraction of sp³-hybridized carbons (Fsp3) is 0.609. The van der Waals surface area contributed by atoms with Gasteiger partial charge in [0.25, 0.3) is 5.91 Å². The number of rotatable bonds is 11. The molecule has 0 aromatic carbocycles. The number of thiazole rings is 2. The lowest BCUT2D eigenvalue weighted by atomic mass is 9.86. The number of aromatic carboxylic acids is 1. The number of amides is 1. The quantitative estimate of drug-likeness (QED) is 0.127. The monoisotopic (exact) mass is 906 g/mol. The zero-order valence-corrected chi connectivity index (χ0v) is 39.0. The van der Waals surface area contributed by atoms with E-state index in [-0.39, 0.29) is 35.7 Å². The van der Waals surface area contributed by atoms with E-state index >= 15 is 0 Å². The van der Waals surface area contributed by atoms with Crippen LogP contribution in [0.4, 0.5) is 10.3 Å². The Bertz CT molecular complexity index is 2100. The van der Waals surface area contributed by atoms with Gasteiger partial charge in [0, 0.05) is 61.4 Å². The van der Waals surface area contributed by atoms with Gasteiger partial charge in [0.2, 0.25) is 0 Å². The van der Waals surface area contributed by atoms with Crippen LogP contribution in [0.3, 0.4) is 0 Å². The lowest BCUT2D eigenvalue weighted by Gasteiger charge is -2.27. The number of carbonyl (C=O) groups excluding carboxylic acids is 3. The van der Waals surface area contributed by atoms with Gasteiger partial charge >= 0.3 is 17.9 Å². The molecule has 4 aromatic rings. The fourth-order valence-corrected chi connectivity index (χ4v) is 10.7.